The van der Waals surface area contributed by atoms with Crippen LogP contribution in [0.3, 0.4) is 0 Å². The molecule has 0 bridgehead atoms. The van der Waals surface area contributed by atoms with E-state index in [1.54, 1.807) is 10.8 Å². The summed E-state index contributed by atoms with van der Waals surface area (Å²) in [7, 11) is 0. The molecule has 0 amide bonds. The van der Waals surface area contributed by atoms with Gasteiger partial charge in [-0.15, -0.1) is 0 Å². The van der Waals surface area contributed by atoms with E-state index in [-0.39, 0.29) is 17.4 Å². The lowest BCUT2D eigenvalue weighted by Crippen LogP contribution is -2.51. The molecular weight excluding hydrogens is 528 g/mol. The molecule has 2 N–H and O–H groups in total. The molecule has 0 radical (unpaired) electrons. The molecule has 4 aromatic rings. The molecule has 10 nitrogen and oxygen atoms in total. The van der Waals surface area contributed by atoms with Gasteiger partial charge in [-0.25, -0.2) is 9.78 Å². The number of aryl methyl sites for hydroxylation is 2. The Labute approximate surface area is 248 Å². The van der Waals surface area contributed by atoms with E-state index < -0.39 is 0 Å². The van der Waals surface area contributed by atoms with Crippen LogP contribution in [0.4, 0.5) is 5.69 Å². The van der Waals surface area contributed by atoms with E-state index in [1.807, 2.05) is 49.5 Å². The Bertz CT molecular complexity index is 1540. The SMILES string of the molecule is CCCn1c(=O)c2c(nc(Cc3cccnc3)n2CC(N(CC)CC)N(CC)CC)n(CCc2ccc(N)cc2)c1=O. The van der Waals surface area contributed by atoms with E-state index in [1.165, 1.54) is 4.57 Å². The molecule has 0 unspecified atom stereocenters. The van der Waals surface area contributed by atoms with Gasteiger partial charge in [-0.05, 0) is 68.3 Å². The molecule has 0 saturated heterocycles. The number of fused-ring (bicyclic) bond motifs is 1. The Morgan fingerprint density at radius 1 is 0.833 bits per heavy atom. The van der Waals surface area contributed by atoms with E-state index >= 15 is 0 Å². The maximum atomic E-state index is 14.1. The summed E-state index contributed by atoms with van der Waals surface area (Å²) in [6.07, 6.45) is 5.45. The normalized spacial score (nSPS) is 11.9. The molecule has 10 heteroatoms. The van der Waals surface area contributed by atoms with Crippen LogP contribution in [0.2, 0.25) is 0 Å². The monoisotopic (exact) mass is 574 g/mol. The molecule has 0 aliphatic carbocycles. The molecule has 226 valence electrons. The Morgan fingerprint density at radius 2 is 1.50 bits per heavy atom. The van der Waals surface area contributed by atoms with Crippen molar-refractivity contribution in [2.45, 2.75) is 79.7 Å². The zero-order chi connectivity index (χ0) is 30.2. The molecule has 4 rings (SSSR count). The first kappa shape index (κ1) is 31.2. The maximum Gasteiger partial charge on any atom is 0.332 e. The predicted molar refractivity (Wildman–Crippen MR) is 170 cm³/mol. The number of likely N-dealkylation sites (N-methyl/N-ethyl adjacent to an activating group) is 2. The summed E-state index contributed by atoms with van der Waals surface area (Å²) in [6.45, 7) is 15.5. The number of rotatable bonds is 15. The number of imidazole rings is 1. The fourth-order valence-corrected chi connectivity index (χ4v) is 5.82. The first-order valence-corrected chi connectivity index (χ1v) is 15.3. The second kappa shape index (κ2) is 14.4. The summed E-state index contributed by atoms with van der Waals surface area (Å²) in [4.78, 5) is 42.1. The molecule has 42 heavy (non-hydrogen) atoms. The van der Waals surface area contributed by atoms with Crippen molar-refractivity contribution in [1.82, 2.24) is 33.5 Å². The van der Waals surface area contributed by atoms with Gasteiger partial charge in [0.1, 0.15) is 5.82 Å². The summed E-state index contributed by atoms with van der Waals surface area (Å²) in [6, 6.07) is 11.6. The van der Waals surface area contributed by atoms with Crippen LogP contribution in [0.15, 0.2) is 58.4 Å². The number of hydrogen-bond acceptors (Lipinski definition) is 7. The molecular formula is C32H46N8O2. The topological polar surface area (TPSA) is 107 Å². The third-order valence-electron chi connectivity index (χ3n) is 8.14. The van der Waals surface area contributed by atoms with Crippen LogP contribution in [-0.4, -0.2) is 65.8 Å². The molecule has 0 saturated carbocycles. The molecule has 0 fully saturated rings. The highest BCUT2D eigenvalue weighted by molar-refractivity contribution is 5.71. The van der Waals surface area contributed by atoms with Gasteiger partial charge in [0, 0.05) is 37.6 Å². The van der Waals surface area contributed by atoms with Crippen molar-refractivity contribution in [2.75, 3.05) is 31.9 Å². The van der Waals surface area contributed by atoms with E-state index in [0.29, 0.717) is 55.7 Å². The van der Waals surface area contributed by atoms with Gasteiger partial charge in [-0.2, -0.15) is 0 Å². The second-order valence-corrected chi connectivity index (χ2v) is 10.7. The first-order valence-electron chi connectivity index (χ1n) is 15.3. The van der Waals surface area contributed by atoms with Crippen LogP contribution in [0, 0.1) is 0 Å². The quantitative estimate of drug-likeness (QED) is 0.171. The lowest BCUT2D eigenvalue weighted by molar-refractivity contribution is 0.0438. The number of benzene rings is 1. The van der Waals surface area contributed by atoms with Crippen molar-refractivity contribution < 1.29 is 0 Å². The molecule has 0 spiro atoms. The average molecular weight is 575 g/mol. The molecule has 1 aromatic carbocycles. The number of aromatic nitrogens is 5. The lowest BCUT2D eigenvalue weighted by atomic mass is 10.1. The average Bonchev–Trinajstić information content (AvgIpc) is 3.35. The minimum atomic E-state index is -0.314. The van der Waals surface area contributed by atoms with Crippen molar-refractivity contribution in [1.29, 1.82) is 0 Å². The van der Waals surface area contributed by atoms with Gasteiger partial charge < -0.3 is 10.3 Å². The van der Waals surface area contributed by atoms with E-state index in [0.717, 1.165) is 43.1 Å². The standard InChI is InChI=1S/C32H46N8O2/c1-6-19-39-31(41)29-30(38(32(39)42)20-17-24-13-15-26(33)16-14-24)35-27(21-25-12-11-18-34-22-25)40(29)23-28(36(7-2)8-3)37(9-4)10-5/h11-16,18,22,28H,6-10,17,19-21,23,33H2,1-5H3. The summed E-state index contributed by atoms with van der Waals surface area (Å²) in [5, 5.41) is 0. The van der Waals surface area contributed by atoms with Crippen LogP contribution in [0.1, 0.15) is 58.0 Å². The van der Waals surface area contributed by atoms with Crippen LogP contribution in [0.25, 0.3) is 11.2 Å². The van der Waals surface area contributed by atoms with Gasteiger partial charge in [-0.3, -0.25) is 28.7 Å². The zero-order valence-corrected chi connectivity index (χ0v) is 25.8. The Morgan fingerprint density at radius 3 is 2.07 bits per heavy atom. The number of pyridine rings is 1. The van der Waals surface area contributed by atoms with Gasteiger partial charge in [0.25, 0.3) is 5.56 Å². The molecule has 3 heterocycles. The van der Waals surface area contributed by atoms with Crippen molar-refractivity contribution in [3.8, 4) is 0 Å². The third-order valence-corrected chi connectivity index (χ3v) is 8.14. The van der Waals surface area contributed by atoms with Crippen molar-refractivity contribution in [2.24, 2.45) is 0 Å². The van der Waals surface area contributed by atoms with Crippen molar-refractivity contribution in [3.05, 3.63) is 86.6 Å². The second-order valence-electron chi connectivity index (χ2n) is 10.7. The highest BCUT2D eigenvalue weighted by Crippen LogP contribution is 2.20. The van der Waals surface area contributed by atoms with Gasteiger partial charge in [0.15, 0.2) is 11.2 Å². The van der Waals surface area contributed by atoms with Gasteiger partial charge in [0.2, 0.25) is 0 Å². The predicted octanol–water partition coefficient (Wildman–Crippen LogP) is 3.59. The zero-order valence-electron chi connectivity index (χ0n) is 25.8. The van der Waals surface area contributed by atoms with Crippen LogP contribution in [0.5, 0.6) is 0 Å². The van der Waals surface area contributed by atoms with Crippen LogP contribution >= 0.6 is 0 Å². The van der Waals surface area contributed by atoms with Crippen molar-refractivity contribution in [3.63, 3.8) is 0 Å². The van der Waals surface area contributed by atoms with Crippen LogP contribution < -0.4 is 17.0 Å². The summed E-state index contributed by atoms with van der Waals surface area (Å²) in [5.41, 5.74) is 9.00. The van der Waals surface area contributed by atoms with E-state index in [2.05, 4.69) is 47.0 Å². The van der Waals surface area contributed by atoms with Gasteiger partial charge >= 0.3 is 5.69 Å². The molecule has 0 aliphatic heterocycles. The molecule has 0 atom stereocenters. The highest BCUT2D eigenvalue weighted by atomic mass is 16.2. The number of nitrogens with two attached hydrogens (primary N) is 1. The number of anilines is 1. The highest BCUT2D eigenvalue weighted by Gasteiger charge is 2.27. The summed E-state index contributed by atoms with van der Waals surface area (Å²) >= 11 is 0. The molecule has 0 aliphatic rings. The van der Waals surface area contributed by atoms with Gasteiger partial charge in [0.05, 0.1) is 12.7 Å². The molecule has 3 aromatic heterocycles. The van der Waals surface area contributed by atoms with E-state index in [4.69, 9.17) is 10.7 Å². The largest absolute Gasteiger partial charge is 0.399 e. The summed E-state index contributed by atoms with van der Waals surface area (Å²) in [5.74, 6) is 0.759. The number of hydrogen-bond donors (Lipinski definition) is 1. The minimum absolute atomic E-state index is 0.0641. The number of nitrogen functional groups attached to an aromatic ring is 1. The Balaban J connectivity index is 1.95. The van der Waals surface area contributed by atoms with E-state index in [9.17, 15) is 9.59 Å². The number of nitrogens with zero attached hydrogens (tertiary/aromatic N) is 7. The smallest absolute Gasteiger partial charge is 0.332 e. The fraction of sp³-hybridized carbons (Fsp3) is 0.500. The van der Waals surface area contributed by atoms with Gasteiger partial charge in [-0.1, -0.05) is 52.8 Å². The lowest BCUT2D eigenvalue weighted by Gasteiger charge is -2.38. The Kier molecular flexibility index (Phi) is 10.7. The van der Waals surface area contributed by atoms with Crippen molar-refractivity contribution >= 4 is 16.9 Å². The summed E-state index contributed by atoms with van der Waals surface area (Å²) < 4.78 is 5.16. The first-order chi connectivity index (χ1) is 20.4. The third kappa shape index (κ3) is 6.65. The maximum absolute atomic E-state index is 14.1. The minimum Gasteiger partial charge on any atom is -0.399 e. The Hall–Kier alpha value is -3.76. The van der Waals surface area contributed by atoms with Crippen LogP contribution in [-0.2, 0) is 32.5 Å². The fourth-order valence-electron chi connectivity index (χ4n) is 5.82.